The summed E-state index contributed by atoms with van der Waals surface area (Å²) in [4.78, 5) is 12.1. The molecule has 78 valence electrons. The van der Waals surface area contributed by atoms with Crippen LogP contribution in [0.1, 0.15) is 28.4 Å². The number of hydrogen-bond donors (Lipinski definition) is 1. The highest BCUT2D eigenvalue weighted by molar-refractivity contribution is 7.80. The summed E-state index contributed by atoms with van der Waals surface area (Å²) in [5.74, 6) is -0.431. The van der Waals surface area contributed by atoms with Gasteiger partial charge < -0.3 is 4.74 Å². The average molecular weight is 221 g/mol. The SMILES string of the molecule is CCc1c(S)cc(C#N)cc1C(=O)OC. The Bertz CT molecular complexity index is 435. The van der Waals surface area contributed by atoms with E-state index in [1.54, 1.807) is 6.07 Å². The minimum absolute atomic E-state index is 0.414. The molecule has 0 aliphatic rings. The number of esters is 1. The summed E-state index contributed by atoms with van der Waals surface area (Å²) < 4.78 is 4.65. The quantitative estimate of drug-likeness (QED) is 0.615. The second kappa shape index (κ2) is 4.85. The molecule has 1 aromatic carbocycles. The number of methoxy groups -OCH3 is 1. The number of ether oxygens (including phenoxy) is 1. The lowest BCUT2D eigenvalue weighted by Gasteiger charge is -2.09. The number of carbonyl (C=O) groups excluding carboxylic acids is 1. The van der Waals surface area contributed by atoms with Gasteiger partial charge in [0.15, 0.2) is 0 Å². The van der Waals surface area contributed by atoms with Gasteiger partial charge in [0.25, 0.3) is 0 Å². The van der Waals surface area contributed by atoms with E-state index < -0.39 is 5.97 Å². The van der Waals surface area contributed by atoms with Gasteiger partial charge in [0.2, 0.25) is 0 Å². The smallest absolute Gasteiger partial charge is 0.338 e. The van der Waals surface area contributed by atoms with E-state index >= 15 is 0 Å². The predicted octanol–water partition coefficient (Wildman–Crippen LogP) is 2.20. The van der Waals surface area contributed by atoms with Crippen molar-refractivity contribution in [2.75, 3.05) is 7.11 Å². The first-order chi connectivity index (χ1) is 7.13. The topological polar surface area (TPSA) is 50.1 Å². The molecule has 0 fully saturated rings. The molecule has 15 heavy (non-hydrogen) atoms. The van der Waals surface area contributed by atoms with Gasteiger partial charge in [-0.1, -0.05) is 6.92 Å². The van der Waals surface area contributed by atoms with Crippen molar-refractivity contribution in [3.05, 3.63) is 28.8 Å². The van der Waals surface area contributed by atoms with Crippen molar-refractivity contribution in [3.63, 3.8) is 0 Å². The van der Waals surface area contributed by atoms with Crippen LogP contribution in [0, 0.1) is 11.3 Å². The summed E-state index contributed by atoms with van der Waals surface area (Å²) in [5.41, 5.74) is 1.64. The molecule has 0 unspecified atom stereocenters. The molecule has 0 aromatic heterocycles. The maximum Gasteiger partial charge on any atom is 0.338 e. The molecular formula is C11H11NO2S. The lowest BCUT2D eigenvalue weighted by atomic mass is 10.0. The number of thiol groups is 1. The number of hydrogen-bond acceptors (Lipinski definition) is 4. The molecule has 0 bridgehead atoms. The van der Waals surface area contributed by atoms with Gasteiger partial charge in [-0.25, -0.2) is 4.79 Å². The van der Waals surface area contributed by atoms with Crippen molar-refractivity contribution in [1.29, 1.82) is 5.26 Å². The largest absolute Gasteiger partial charge is 0.465 e. The van der Waals surface area contributed by atoms with Gasteiger partial charge in [-0.15, -0.1) is 12.6 Å². The molecule has 0 heterocycles. The summed E-state index contributed by atoms with van der Waals surface area (Å²) in [6, 6.07) is 5.16. The van der Waals surface area contributed by atoms with Crippen molar-refractivity contribution in [2.24, 2.45) is 0 Å². The zero-order chi connectivity index (χ0) is 11.4. The van der Waals surface area contributed by atoms with Gasteiger partial charge in [-0.05, 0) is 24.1 Å². The van der Waals surface area contributed by atoms with Crippen molar-refractivity contribution >= 4 is 18.6 Å². The number of carbonyl (C=O) groups is 1. The second-order valence-electron chi connectivity index (χ2n) is 2.98. The Morgan fingerprint density at radius 2 is 2.27 bits per heavy atom. The predicted molar refractivity (Wildman–Crippen MR) is 59.1 cm³/mol. The molecule has 0 atom stereocenters. The Morgan fingerprint density at radius 3 is 2.73 bits per heavy atom. The van der Waals surface area contributed by atoms with Crippen LogP contribution in [0.3, 0.4) is 0 Å². The second-order valence-corrected chi connectivity index (χ2v) is 3.46. The van der Waals surface area contributed by atoms with Crippen LogP contribution in [0.15, 0.2) is 17.0 Å². The normalized spacial score (nSPS) is 9.47. The molecule has 0 aliphatic heterocycles. The Kier molecular flexibility index (Phi) is 3.75. The third kappa shape index (κ3) is 2.31. The third-order valence-electron chi connectivity index (χ3n) is 2.11. The van der Waals surface area contributed by atoms with E-state index in [9.17, 15) is 4.79 Å². The highest BCUT2D eigenvalue weighted by Gasteiger charge is 2.14. The molecule has 0 saturated heterocycles. The first-order valence-electron chi connectivity index (χ1n) is 4.48. The highest BCUT2D eigenvalue weighted by atomic mass is 32.1. The Balaban J connectivity index is 3.40. The minimum Gasteiger partial charge on any atom is -0.465 e. The molecule has 0 spiro atoms. The molecule has 0 aliphatic carbocycles. The van der Waals surface area contributed by atoms with Gasteiger partial charge in [0, 0.05) is 4.90 Å². The summed E-state index contributed by atoms with van der Waals surface area (Å²) in [7, 11) is 1.32. The maximum absolute atomic E-state index is 11.4. The average Bonchev–Trinajstić information content (AvgIpc) is 2.26. The maximum atomic E-state index is 11.4. The van der Waals surface area contributed by atoms with Crippen LogP contribution in [0.25, 0.3) is 0 Å². The molecule has 1 aromatic rings. The van der Waals surface area contributed by atoms with E-state index in [4.69, 9.17) is 5.26 Å². The molecular weight excluding hydrogens is 210 g/mol. The van der Waals surface area contributed by atoms with E-state index in [0.29, 0.717) is 22.4 Å². The van der Waals surface area contributed by atoms with E-state index in [0.717, 1.165) is 5.56 Å². The summed E-state index contributed by atoms with van der Waals surface area (Å²) in [6.07, 6.45) is 0.676. The van der Waals surface area contributed by atoms with Crippen LogP contribution in [0.5, 0.6) is 0 Å². The van der Waals surface area contributed by atoms with Crippen LogP contribution in [-0.2, 0) is 11.2 Å². The fourth-order valence-electron chi connectivity index (χ4n) is 1.38. The molecule has 1 rings (SSSR count). The van der Waals surface area contributed by atoms with E-state index in [1.807, 2.05) is 13.0 Å². The summed E-state index contributed by atoms with van der Waals surface area (Å²) >= 11 is 4.25. The highest BCUT2D eigenvalue weighted by Crippen LogP contribution is 2.22. The number of rotatable bonds is 2. The monoisotopic (exact) mass is 221 g/mol. The van der Waals surface area contributed by atoms with Crippen molar-refractivity contribution in [1.82, 2.24) is 0 Å². The molecule has 3 nitrogen and oxygen atoms in total. The summed E-state index contributed by atoms with van der Waals surface area (Å²) in [5, 5.41) is 8.77. The fourth-order valence-corrected chi connectivity index (χ4v) is 1.80. The van der Waals surface area contributed by atoms with Crippen molar-refractivity contribution in [3.8, 4) is 6.07 Å². The van der Waals surface area contributed by atoms with Gasteiger partial charge in [-0.3, -0.25) is 0 Å². The van der Waals surface area contributed by atoms with Gasteiger partial charge >= 0.3 is 5.97 Å². The number of nitriles is 1. The molecule has 0 radical (unpaired) electrons. The molecule has 0 N–H and O–H groups in total. The van der Waals surface area contributed by atoms with Crippen LogP contribution in [0.2, 0.25) is 0 Å². The zero-order valence-electron chi connectivity index (χ0n) is 8.57. The molecule has 4 heteroatoms. The number of benzene rings is 1. The van der Waals surface area contributed by atoms with Gasteiger partial charge in [0.05, 0.1) is 24.3 Å². The first-order valence-corrected chi connectivity index (χ1v) is 4.93. The van der Waals surface area contributed by atoms with Crippen LogP contribution in [-0.4, -0.2) is 13.1 Å². The van der Waals surface area contributed by atoms with E-state index in [2.05, 4.69) is 17.4 Å². The Labute approximate surface area is 94.1 Å². The lowest BCUT2D eigenvalue weighted by molar-refractivity contribution is 0.0599. The molecule has 0 saturated carbocycles. The van der Waals surface area contributed by atoms with Crippen LogP contribution >= 0.6 is 12.6 Å². The van der Waals surface area contributed by atoms with Crippen molar-refractivity contribution < 1.29 is 9.53 Å². The van der Waals surface area contributed by atoms with Crippen molar-refractivity contribution in [2.45, 2.75) is 18.2 Å². The Hall–Kier alpha value is -1.47. The standard InChI is InChI=1S/C11H11NO2S/c1-3-8-9(11(13)14-2)4-7(6-12)5-10(8)15/h4-5,15H,3H2,1-2H3. The van der Waals surface area contributed by atoms with Gasteiger partial charge in [0.1, 0.15) is 0 Å². The third-order valence-corrected chi connectivity index (χ3v) is 2.51. The van der Waals surface area contributed by atoms with Crippen LogP contribution in [0.4, 0.5) is 0 Å². The van der Waals surface area contributed by atoms with E-state index in [1.165, 1.54) is 13.2 Å². The van der Waals surface area contributed by atoms with Crippen LogP contribution < -0.4 is 0 Å². The number of nitrogens with zero attached hydrogens (tertiary/aromatic N) is 1. The Morgan fingerprint density at radius 1 is 1.60 bits per heavy atom. The minimum atomic E-state index is -0.431. The molecule has 0 amide bonds. The first kappa shape index (κ1) is 11.6. The van der Waals surface area contributed by atoms with E-state index in [-0.39, 0.29) is 0 Å². The fraction of sp³-hybridized carbons (Fsp3) is 0.273. The van der Waals surface area contributed by atoms with Gasteiger partial charge in [-0.2, -0.15) is 5.26 Å². The lowest BCUT2D eigenvalue weighted by Crippen LogP contribution is -2.06. The summed E-state index contributed by atoms with van der Waals surface area (Å²) in [6.45, 7) is 1.92. The zero-order valence-corrected chi connectivity index (χ0v) is 9.47.